The molecule has 0 aliphatic heterocycles. The molecule has 2 aromatic carbocycles. The smallest absolute Gasteiger partial charge is 0.344 e. The molecule has 0 saturated heterocycles. The summed E-state index contributed by atoms with van der Waals surface area (Å²) in [6.07, 6.45) is -0.243. The molecule has 0 heterocycles. The van der Waals surface area contributed by atoms with Gasteiger partial charge in [0.05, 0.1) is 18.8 Å². The Balaban J connectivity index is 2.56. The highest BCUT2D eigenvalue weighted by atomic mass is 28.3. The number of halogens is 4. The lowest BCUT2D eigenvalue weighted by Crippen LogP contribution is -2.25. The fourth-order valence-electron chi connectivity index (χ4n) is 3.05. The molecule has 0 spiro atoms. The average molecular weight is 428 g/mol. The Morgan fingerprint density at radius 2 is 1.41 bits per heavy atom. The molecule has 29 heavy (non-hydrogen) atoms. The van der Waals surface area contributed by atoms with Crippen LogP contribution in [0, 0.1) is 28.7 Å². The minimum atomic E-state index is -1.79. The first-order valence-electron chi connectivity index (χ1n) is 9.10. The van der Waals surface area contributed by atoms with Crippen LogP contribution in [-0.2, 0) is 9.16 Å². The van der Waals surface area contributed by atoms with Gasteiger partial charge >= 0.3 is 5.97 Å². The molecule has 0 radical (unpaired) electrons. The predicted molar refractivity (Wildman–Crippen MR) is 105 cm³/mol. The van der Waals surface area contributed by atoms with Gasteiger partial charge in [0.15, 0.2) is 32.3 Å². The maximum atomic E-state index is 14.5. The van der Waals surface area contributed by atoms with Crippen LogP contribution in [0.2, 0.25) is 13.1 Å². The molecule has 0 aromatic heterocycles. The van der Waals surface area contributed by atoms with Crippen LogP contribution in [0.3, 0.4) is 0 Å². The van der Waals surface area contributed by atoms with E-state index >= 15 is 0 Å². The number of esters is 1. The van der Waals surface area contributed by atoms with Crippen molar-refractivity contribution in [2.75, 3.05) is 7.11 Å². The van der Waals surface area contributed by atoms with Crippen LogP contribution in [0.4, 0.5) is 17.6 Å². The van der Waals surface area contributed by atoms with Gasteiger partial charge in [-0.05, 0) is 29.6 Å². The van der Waals surface area contributed by atoms with Crippen molar-refractivity contribution in [3.8, 4) is 11.1 Å². The number of methoxy groups -OCH3 is 1. The lowest BCUT2D eigenvalue weighted by atomic mass is 9.84. The van der Waals surface area contributed by atoms with Crippen LogP contribution in [0.15, 0.2) is 24.3 Å². The first-order valence-corrected chi connectivity index (χ1v) is 11.9. The van der Waals surface area contributed by atoms with Crippen molar-refractivity contribution in [1.29, 1.82) is 0 Å². The molecule has 0 N–H and O–H groups in total. The third-order valence-corrected chi connectivity index (χ3v) is 5.17. The molecular weight excluding hydrogens is 404 g/mol. The summed E-state index contributed by atoms with van der Waals surface area (Å²) < 4.78 is 67.8. The zero-order chi connectivity index (χ0) is 22.1. The van der Waals surface area contributed by atoms with E-state index in [1.165, 1.54) is 12.1 Å². The molecule has 8 heteroatoms. The van der Waals surface area contributed by atoms with Crippen molar-refractivity contribution in [3.05, 3.63) is 58.7 Å². The number of rotatable bonds is 5. The van der Waals surface area contributed by atoms with Crippen molar-refractivity contribution in [2.24, 2.45) is 5.41 Å². The van der Waals surface area contributed by atoms with E-state index < -0.39 is 49.4 Å². The second kappa shape index (κ2) is 8.67. The zero-order valence-corrected chi connectivity index (χ0v) is 18.4. The number of hydrogen-bond acceptors (Lipinski definition) is 3. The molecular formula is C21H24F4O3Si. The fourth-order valence-corrected chi connectivity index (χ4v) is 4.16. The van der Waals surface area contributed by atoms with Crippen molar-refractivity contribution in [1.82, 2.24) is 0 Å². The van der Waals surface area contributed by atoms with Crippen molar-refractivity contribution in [2.45, 2.75) is 40.0 Å². The first kappa shape index (κ1) is 23.1. The summed E-state index contributed by atoms with van der Waals surface area (Å²) in [6, 6.07) is 5.98. The average Bonchev–Trinajstić information content (AvgIpc) is 2.64. The van der Waals surface area contributed by atoms with Crippen LogP contribution < -0.4 is 0 Å². The molecule has 1 unspecified atom stereocenters. The summed E-state index contributed by atoms with van der Waals surface area (Å²) in [4.78, 5) is 11.5. The number of carbonyl (C=O) groups is 1. The Bertz CT molecular complexity index is 877. The highest BCUT2D eigenvalue weighted by Gasteiger charge is 2.31. The Kier molecular flexibility index (Phi) is 6.90. The summed E-state index contributed by atoms with van der Waals surface area (Å²) in [5.74, 6) is -8.40. The highest BCUT2D eigenvalue weighted by Crippen LogP contribution is 2.38. The van der Waals surface area contributed by atoms with Gasteiger partial charge in [0, 0.05) is 0 Å². The predicted octanol–water partition coefficient (Wildman–Crippen LogP) is 5.78. The summed E-state index contributed by atoms with van der Waals surface area (Å²) >= 11 is 0. The summed E-state index contributed by atoms with van der Waals surface area (Å²) in [5, 5.41) is 0. The Hall–Kier alpha value is -2.19. The van der Waals surface area contributed by atoms with E-state index in [4.69, 9.17) is 4.43 Å². The van der Waals surface area contributed by atoms with Gasteiger partial charge in [-0.3, -0.25) is 0 Å². The van der Waals surface area contributed by atoms with Crippen LogP contribution in [-0.4, -0.2) is 22.1 Å². The first-order chi connectivity index (χ1) is 13.4. The monoisotopic (exact) mass is 428 g/mol. The second-order valence-electron chi connectivity index (χ2n) is 8.05. The molecule has 2 rings (SSSR count). The zero-order valence-electron chi connectivity index (χ0n) is 17.2. The SMILES string of the molecule is COC(=O)c1c(F)c(F)c(-c2ccc(C(O[SiH](C)C)C(C)(C)C)cc2)c(F)c1F. The second-order valence-corrected chi connectivity index (χ2v) is 10.4. The van der Waals surface area contributed by atoms with Gasteiger partial charge in [-0.25, -0.2) is 22.4 Å². The number of carbonyl (C=O) groups excluding carboxylic acids is 1. The van der Waals surface area contributed by atoms with E-state index in [9.17, 15) is 22.4 Å². The van der Waals surface area contributed by atoms with E-state index in [1.807, 2.05) is 33.9 Å². The summed E-state index contributed by atoms with van der Waals surface area (Å²) in [5.41, 5.74) is -1.78. The van der Waals surface area contributed by atoms with E-state index in [-0.39, 0.29) is 17.1 Å². The molecule has 158 valence electrons. The number of benzene rings is 2. The number of ether oxygens (including phenoxy) is 1. The molecule has 0 saturated carbocycles. The topological polar surface area (TPSA) is 35.5 Å². The lowest BCUT2D eigenvalue weighted by Gasteiger charge is -2.33. The minimum Gasteiger partial charge on any atom is -0.465 e. The van der Waals surface area contributed by atoms with Gasteiger partial charge < -0.3 is 9.16 Å². The van der Waals surface area contributed by atoms with Gasteiger partial charge in [-0.2, -0.15) is 0 Å². The van der Waals surface area contributed by atoms with E-state index in [0.717, 1.165) is 12.7 Å². The maximum Gasteiger partial charge on any atom is 0.344 e. The fraction of sp³-hybridized carbons (Fsp3) is 0.381. The third-order valence-electron chi connectivity index (χ3n) is 4.35. The Morgan fingerprint density at radius 3 is 1.79 bits per heavy atom. The van der Waals surface area contributed by atoms with Crippen LogP contribution >= 0.6 is 0 Å². The van der Waals surface area contributed by atoms with Crippen molar-refractivity contribution < 1.29 is 31.5 Å². The molecule has 0 amide bonds. The quantitative estimate of drug-likeness (QED) is 0.262. The van der Waals surface area contributed by atoms with Gasteiger partial charge in [-0.1, -0.05) is 45.0 Å². The molecule has 0 fully saturated rings. The molecule has 1 atom stereocenters. The minimum absolute atomic E-state index is 0.0626. The Morgan fingerprint density at radius 1 is 0.931 bits per heavy atom. The summed E-state index contributed by atoms with van der Waals surface area (Å²) in [6.45, 7) is 10.1. The molecule has 3 nitrogen and oxygen atoms in total. The van der Waals surface area contributed by atoms with Gasteiger partial charge in [-0.15, -0.1) is 0 Å². The van der Waals surface area contributed by atoms with Gasteiger partial charge in [0.25, 0.3) is 0 Å². The van der Waals surface area contributed by atoms with E-state index in [1.54, 1.807) is 12.1 Å². The van der Waals surface area contributed by atoms with Gasteiger partial charge in [0.1, 0.15) is 5.56 Å². The summed E-state index contributed by atoms with van der Waals surface area (Å²) in [7, 11) is -0.523. The molecule has 0 bridgehead atoms. The van der Waals surface area contributed by atoms with Crippen molar-refractivity contribution in [3.63, 3.8) is 0 Å². The van der Waals surface area contributed by atoms with Crippen LogP contribution in [0.25, 0.3) is 11.1 Å². The van der Waals surface area contributed by atoms with Crippen molar-refractivity contribution >= 4 is 15.0 Å². The van der Waals surface area contributed by atoms with Crippen LogP contribution in [0.5, 0.6) is 0 Å². The van der Waals surface area contributed by atoms with E-state index in [2.05, 4.69) is 4.74 Å². The lowest BCUT2D eigenvalue weighted by molar-refractivity contribution is 0.0587. The normalized spacial score (nSPS) is 12.9. The Labute approximate surface area is 169 Å². The largest absolute Gasteiger partial charge is 0.465 e. The molecule has 2 aromatic rings. The molecule has 0 aliphatic rings. The molecule has 0 aliphatic carbocycles. The maximum absolute atomic E-state index is 14.5. The van der Waals surface area contributed by atoms with Crippen LogP contribution in [0.1, 0.15) is 42.8 Å². The highest BCUT2D eigenvalue weighted by molar-refractivity contribution is 6.48. The van der Waals surface area contributed by atoms with E-state index in [0.29, 0.717) is 0 Å². The third kappa shape index (κ3) is 4.70. The number of hydrogen-bond donors (Lipinski definition) is 0. The van der Waals surface area contributed by atoms with Gasteiger partial charge in [0.2, 0.25) is 0 Å². The standard InChI is InChI=1S/C21H24F4O3Si/c1-21(2,3)19(28-29(5)6)12-9-7-11(8-10-12)13-15(22)17(24)14(20(26)27-4)18(25)16(13)23/h7-10,19,29H,1-6H3.